The van der Waals surface area contributed by atoms with Crippen LogP contribution in [-0.2, 0) is 30.5 Å². The van der Waals surface area contributed by atoms with E-state index < -0.39 is 17.8 Å². The van der Waals surface area contributed by atoms with Gasteiger partial charge in [-0.25, -0.2) is 0 Å². The van der Waals surface area contributed by atoms with Crippen LogP contribution in [0.25, 0.3) is 0 Å². The highest BCUT2D eigenvalue weighted by atomic mass is 127. The Labute approximate surface area is 166 Å². The zero-order valence-corrected chi connectivity index (χ0v) is 16.1. The number of aromatic nitrogens is 2. The Bertz CT molecular complexity index is 898. The lowest BCUT2D eigenvalue weighted by molar-refractivity contribution is -0.137. The Hall–Kier alpha value is -1.82. The van der Waals surface area contributed by atoms with Gasteiger partial charge in [-0.3, -0.25) is 9.48 Å². The first-order valence-corrected chi connectivity index (χ1v) is 9.37. The first kappa shape index (κ1) is 18.5. The summed E-state index contributed by atoms with van der Waals surface area (Å²) in [4.78, 5) is 12.6. The zero-order valence-electron chi connectivity index (χ0n) is 14.0. The SMILES string of the molecule is O=C(N[C@H]1COc2ccc(C(F)(F)F)cc2C1)c1nn2c(c1I)COCC2. The van der Waals surface area contributed by atoms with Crippen molar-refractivity contribution in [3.63, 3.8) is 0 Å². The number of carbonyl (C=O) groups is 1. The van der Waals surface area contributed by atoms with Crippen LogP contribution in [0.1, 0.15) is 27.3 Å². The molecule has 1 amide bonds. The van der Waals surface area contributed by atoms with E-state index >= 15 is 0 Å². The van der Waals surface area contributed by atoms with Gasteiger partial charge in [-0.2, -0.15) is 18.3 Å². The van der Waals surface area contributed by atoms with E-state index in [4.69, 9.17) is 9.47 Å². The zero-order chi connectivity index (χ0) is 19.2. The van der Waals surface area contributed by atoms with E-state index in [1.54, 1.807) is 4.68 Å². The second kappa shape index (κ2) is 6.97. The lowest BCUT2D eigenvalue weighted by atomic mass is 10.00. The van der Waals surface area contributed by atoms with Gasteiger partial charge in [0.05, 0.1) is 40.6 Å². The molecule has 2 aliphatic rings. The van der Waals surface area contributed by atoms with Crippen LogP contribution >= 0.6 is 22.6 Å². The molecule has 0 unspecified atom stereocenters. The van der Waals surface area contributed by atoms with Crippen molar-refractivity contribution in [2.45, 2.75) is 31.8 Å². The third-order valence-electron chi connectivity index (χ3n) is 4.52. The summed E-state index contributed by atoms with van der Waals surface area (Å²) >= 11 is 2.06. The molecule has 2 aliphatic heterocycles. The molecule has 4 rings (SSSR count). The average Bonchev–Trinajstić information content (AvgIpc) is 2.97. The van der Waals surface area contributed by atoms with E-state index in [2.05, 4.69) is 33.0 Å². The Kier molecular flexibility index (Phi) is 4.78. The molecular formula is C17H15F3IN3O3. The number of nitrogens with one attached hydrogen (secondary N) is 1. The van der Waals surface area contributed by atoms with Gasteiger partial charge >= 0.3 is 6.18 Å². The van der Waals surface area contributed by atoms with Gasteiger partial charge < -0.3 is 14.8 Å². The van der Waals surface area contributed by atoms with Crippen molar-refractivity contribution >= 4 is 28.5 Å². The van der Waals surface area contributed by atoms with Gasteiger partial charge in [-0.05, 0) is 52.8 Å². The smallest absolute Gasteiger partial charge is 0.416 e. The van der Waals surface area contributed by atoms with E-state index in [1.165, 1.54) is 6.07 Å². The number of amides is 1. The summed E-state index contributed by atoms with van der Waals surface area (Å²) < 4.78 is 52.1. The predicted octanol–water partition coefficient (Wildman–Crippen LogP) is 2.77. The number of hydrogen-bond donors (Lipinski definition) is 1. The summed E-state index contributed by atoms with van der Waals surface area (Å²) in [5, 5.41) is 7.15. The van der Waals surface area contributed by atoms with Crippen LogP contribution in [0.2, 0.25) is 0 Å². The summed E-state index contributed by atoms with van der Waals surface area (Å²) in [6, 6.07) is 2.96. The van der Waals surface area contributed by atoms with Crippen LogP contribution in [0.4, 0.5) is 13.2 Å². The largest absolute Gasteiger partial charge is 0.491 e. The topological polar surface area (TPSA) is 65.4 Å². The Morgan fingerprint density at radius 3 is 2.93 bits per heavy atom. The average molecular weight is 493 g/mol. The Morgan fingerprint density at radius 2 is 2.19 bits per heavy atom. The summed E-state index contributed by atoms with van der Waals surface area (Å²) in [5.74, 6) is 0.0445. The van der Waals surface area contributed by atoms with Crippen molar-refractivity contribution in [3.05, 3.63) is 44.3 Å². The van der Waals surface area contributed by atoms with Crippen LogP contribution in [0.5, 0.6) is 5.75 Å². The molecule has 27 heavy (non-hydrogen) atoms. The van der Waals surface area contributed by atoms with Crippen molar-refractivity contribution in [2.75, 3.05) is 13.2 Å². The number of hydrogen-bond acceptors (Lipinski definition) is 4. The van der Waals surface area contributed by atoms with Crippen molar-refractivity contribution in [1.29, 1.82) is 0 Å². The van der Waals surface area contributed by atoms with E-state index in [-0.39, 0.29) is 18.9 Å². The molecule has 0 aliphatic carbocycles. The van der Waals surface area contributed by atoms with Crippen LogP contribution < -0.4 is 10.1 Å². The van der Waals surface area contributed by atoms with Gasteiger partial charge in [0.2, 0.25) is 0 Å². The maximum Gasteiger partial charge on any atom is 0.416 e. The number of ether oxygens (including phenoxy) is 2. The number of fused-ring (bicyclic) bond motifs is 2. The molecule has 0 bridgehead atoms. The molecule has 0 radical (unpaired) electrons. The third kappa shape index (κ3) is 3.64. The fourth-order valence-electron chi connectivity index (χ4n) is 3.18. The van der Waals surface area contributed by atoms with Gasteiger partial charge in [0, 0.05) is 0 Å². The van der Waals surface area contributed by atoms with Crippen molar-refractivity contribution in [2.24, 2.45) is 0 Å². The van der Waals surface area contributed by atoms with E-state index in [0.29, 0.717) is 36.8 Å². The second-order valence-electron chi connectivity index (χ2n) is 6.39. The first-order chi connectivity index (χ1) is 12.8. The highest BCUT2D eigenvalue weighted by Gasteiger charge is 2.33. The summed E-state index contributed by atoms with van der Waals surface area (Å²) in [6.45, 7) is 1.72. The molecule has 144 valence electrons. The minimum atomic E-state index is -4.42. The van der Waals surface area contributed by atoms with Crippen LogP contribution in [0.15, 0.2) is 18.2 Å². The predicted molar refractivity (Wildman–Crippen MR) is 96.5 cm³/mol. The molecule has 1 N–H and O–H groups in total. The number of alkyl halides is 3. The maximum atomic E-state index is 12.9. The molecule has 1 atom stereocenters. The van der Waals surface area contributed by atoms with Crippen LogP contribution in [-0.4, -0.2) is 34.9 Å². The van der Waals surface area contributed by atoms with E-state index in [0.717, 1.165) is 21.4 Å². The molecular weight excluding hydrogens is 478 g/mol. The lowest BCUT2D eigenvalue weighted by Crippen LogP contribution is -2.43. The van der Waals surface area contributed by atoms with Gasteiger partial charge in [0.25, 0.3) is 5.91 Å². The van der Waals surface area contributed by atoms with Crippen molar-refractivity contribution in [3.8, 4) is 5.75 Å². The number of carbonyl (C=O) groups excluding carboxylic acids is 1. The van der Waals surface area contributed by atoms with Gasteiger partial charge in [-0.15, -0.1) is 0 Å². The van der Waals surface area contributed by atoms with E-state index in [1.807, 2.05) is 0 Å². The number of rotatable bonds is 2. The molecule has 1 aromatic heterocycles. The molecule has 3 heterocycles. The van der Waals surface area contributed by atoms with Crippen molar-refractivity contribution in [1.82, 2.24) is 15.1 Å². The molecule has 2 aromatic rings. The summed E-state index contributed by atoms with van der Waals surface area (Å²) in [6.07, 6.45) is -4.16. The van der Waals surface area contributed by atoms with Crippen molar-refractivity contribution < 1.29 is 27.4 Å². The lowest BCUT2D eigenvalue weighted by Gasteiger charge is -2.26. The monoisotopic (exact) mass is 493 g/mol. The van der Waals surface area contributed by atoms with Crippen LogP contribution in [0, 0.1) is 3.57 Å². The maximum absolute atomic E-state index is 12.9. The van der Waals surface area contributed by atoms with Gasteiger partial charge in [0.15, 0.2) is 5.69 Å². The van der Waals surface area contributed by atoms with Gasteiger partial charge in [-0.1, -0.05) is 0 Å². The van der Waals surface area contributed by atoms with E-state index in [9.17, 15) is 18.0 Å². The second-order valence-corrected chi connectivity index (χ2v) is 7.47. The number of halogens is 4. The number of nitrogens with zero attached hydrogens (tertiary/aromatic N) is 2. The fraction of sp³-hybridized carbons (Fsp3) is 0.412. The molecule has 10 heteroatoms. The Balaban J connectivity index is 1.50. The quantitative estimate of drug-likeness (QED) is 0.654. The number of benzene rings is 1. The Morgan fingerprint density at radius 1 is 1.37 bits per heavy atom. The highest BCUT2D eigenvalue weighted by Crippen LogP contribution is 2.34. The fourth-order valence-corrected chi connectivity index (χ4v) is 3.97. The third-order valence-corrected chi connectivity index (χ3v) is 5.66. The minimum absolute atomic E-state index is 0.192. The summed E-state index contributed by atoms with van der Waals surface area (Å²) in [7, 11) is 0. The van der Waals surface area contributed by atoms with Crippen LogP contribution in [0.3, 0.4) is 0 Å². The molecule has 0 saturated heterocycles. The molecule has 0 saturated carbocycles. The first-order valence-electron chi connectivity index (χ1n) is 8.29. The standard InChI is InChI=1S/C17H15F3IN3O3/c18-17(19,20)10-1-2-13-9(5-10)6-11(7-27-13)22-16(25)15-14(21)12-8-26-4-3-24(12)23-15/h1-2,5,11H,3-4,6-8H2,(H,22,25)/t11-/m1/s1. The molecule has 6 nitrogen and oxygen atoms in total. The molecule has 0 fully saturated rings. The normalized spacial score (nSPS) is 19.0. The highest BCUT2D eigenvalue weighted by molar-refractivity contribution is 14.1. The summed E-state index contributed by atoms with van der Waals surface area (Å²) in [5.41, 5.74) is 0.847. The minimum Gasteiger partial charge on any atom is -0.491 e. The molecule has 0 spiro atoms. The van der Waals surface area contributed by atoms with Gasteiger partial charge in [0.1, 0.15) is 12.4 Å². The molecule has 1 aromatic carbocycles.